The second kappa shape index (κ2) is 13.1. The lowest BCUT2D eigenvalue weighted by atomic mass is 10.1. The molecule has 0 bridgehead atoms. The molecule has 1 saturated heterocycles. The van der Waals surface area contributed by atoms with E-state index in [2.05, 4.69) is 40.6 Å². The van der Waals surface area contributed by atoms with Crippen molar-refractivity contribution in [2.75, 3.05) is 31.5 Å². The number of H-pyrrole nitrogens is 1. The smallest absolute Gasteiger partial charge is 0.329 e. The number of amides is 1. The van der Waals surface area contributed by atoms with E-state index < -0.39 is 11.2 Å². The van der Waals surface area contributed by atoms with Gasteiger partial charge >= 0.3 is 5.69 Å². The van der Waals surface area contributed by atoms with Crippen LogP contribution in [0.4, 0.5) is 11.5 Å². The number of aromatic amines is 1. The van der Waals surface area contributed by atoms with E-state index in [1.54, 1.807) is 0 Å². The third kappa shape index (κ3) is 7.81. The normalized spacial score (nSPS) is 13.9. The first-order chi connectivity index (χ1) is 18.1. The van der Waals surface area contributed by atoms with Crippen molar-refractivity contribution < 1.29 is 4.79 Å². The van der Waals surface area contributed by atoms with E-state index in [9.17, 15) is 14.4 Å². The summed E-state index contributed by atoms with van der Waals surface area (Å²) in [4.78, 5) is 49.1. The molecule has 0 aliphatic carbocycles. The Bertz CT molecular complexity index is 1310. The summed E-state index contributed by atoms with van der Waals surface area (Å²) >= 11 is 0. The van der Waals surface area contributed by atoms with Crippen molar-refractivity contribution in [2.45, 2.75) is 60.4 Å². The van der Waals surface area contributed by atoms with Crippen LogP contribution in [0, 0.1) is 6.92 Å². The highest BCUT2D eigenvalue weighted by atomic mass is 16.2. The van der Waals surface area contributed by atoms with Gasteiger partial charge in [-0.05, 0) is 69.9 Å². The molecule has 9 nitrogen and oxygen atoms in total. The van der Waals surface area contributed by atoms with Gasteiger partial charge in [0, 0.05) is 56.6 Å². The zero-order valence-corrected chi connectivity index (χ0v) is 23.3. The Morgan fingerprint density at radius 2 is 1.79 bits per heavy atom. The maximum Gasteiger partial charge on any atom is 0.329 e. The first-order valence-electron chi connectivity index (χ1n) is 13.2. The molecule has 0 unspecified atom stereocenters. The lowest BCUT2D eigenvalue weighted by Gasteiger charge is -2.36. The van der Waals surface area contributed by atoms with Crippen molar-refractivity contribution in [1.29, 1.82) is 0 Å². The number of anilines is 2. The van der Waals surface area contributed by atoms with Crippen molar-refractivity contribution in [1.82, 2.24) is 19.4 Å². The molecule has 1 aliphatic rings. The van der Waals surface area contributed by atoms with E-state index in [0.717, 1.165) is 22.4 Å². The maximum atomic E-state index is 12.7. The number of aliphatic imine (C=N–C) groups is 1. The van der Waals surface area contributed by atoms with Crippen molar-refractivity contribution in [3.05, 3.63) is 80.3 Å². The van der Waals surface area contributed by atoms with Gasteiger partial charge in [-0.15, -0.1) is 0 Å². The van der Waals surface area contributed by atoms with Crippen LogP contribution in [0.3, 0.4) is 0 Å². The van der Waals surface area contributed by atoms with Crippen LogP contribution < -0.4 is 16.6 Å². The number of aromatic nitrogens is 2. The molecule has 9 heteroatoms. The Labute approximate surface area is 224 Å². The Morgan fingerprint density at radius 1 is 1.11 bits per heavy atom. The van der Waals surface area contributed by atoms with Crippen LogP contribution in [-0.4, -0.2) is 57.1 Å². The van der Waals surface area contributed by atoms with Gasteiger partial charge in [0.25, 0.3) is 5.56 Å². The summed E-state index contributed by atoms with van der Waals surface area (Å²) in [5.41, 5.74) is 4.40. The van der Waals surface area contributed by atoms with E-state index in [-0.39, 0.29) is 18.9 Å². The molecule has 0 atom stereocenters. The van der Waals surface area contributed by atoms with Gasteiger partial charge in [0.1, 0.15) is 11.6 Å². The molecule has 3 rings (SSSR count). The molecule has 0 spiro atoms. The first-order valence-corrected chi connectivity index (χ1v) is 13.2. The predicted molar refractivity (Wildman–Crippen MR) is 154 cm³/mol. The van der Waals surface area contributed by atoms with Crippen LogP contribution in [0.5, 0.6) is 0 Å². The Morgan fingerprint density at radius 3 is 2.42 bits per heavy atom. The number of benzene rings is 1. The molecule has 1 amide bonds. The van der Waals surface area contributed by atoms with Crippen LogP contribution >= 0.6 is 0 Å². The number of nitrogens with one attached hydrogen (secondary N) is 2. The Hall–Kier alpha value is -3.88. The number of carbonyl (C=O) groups is 1. The minimum atomic E-state index is -0.494. The van der Waals surface area contributed by atoms with Crippen LogP contribution in [0.1, 0.15) is 51.7 Å². The first kappa shape index (κ1) is 28.7. The van der Waals surface area contributed by atoms with E-state index in [1.807, 2.05) is 49.9 Å². The molecule has 2 N–H and O–H groups in total. The highest BCUT2D eigenvalue weighted by molar-refractivity contribution is 5.93. The van der Waals surface area contributed by atoms with Crippen molar-refractivity contribution in [2.24, 2.45) is 4.99 Å². The molecule has 1 fully saturated rings. The second-order valence-corrected chi connectivity index (χ2v) is 9.96. The van der Waals surface area contributed by atoms with Crippen LogP contribution in [0.2, 0.25) is 0 Å². The number of hydrogen-bond donors (Lipinski definition) is 2. The van der Waals surface area contributed by atoms with Crippen LogP contribution in [0.25, 0.3) is 0 Å². The van der Waals surface area contributed by atoms with Gasteiger partial charge in [-0.3, -0.25) is 19.1 Å². The van der Waals surface area contributed by atoms with Crippen LogP contribution in [0.15, 0.2) is 62.9 Å². The fourth-order valence-electron chi connectivity index (χ4n) is 4.57. The Kier molecular flexibility index (Phi) is 9.87. The van der Waals surface area contributed by atoms with Gasteiger partial charge in [-0.25, -0.2) is 9.79 Å². The van der Waals surface area contributed by atoms with Crippen LogP contribution in [-0.2, 0) is 17.8 Å². The molecule has 0 saturated carbocycles. The summed E-state index contributed by atoms with van der Waals surface area (Å²) in [6.45, 7) is 16.9. The quantitative estimate of drug-likeness (QED) is 0.462. The molecule has 38 heavy (non-hydrogen) atoms. The highest BCUT2D eigenvalue weighted by Gasteiger charge is 2.21. The molecular weight excluding hydrogens is 480 g/mol. The van der Waals surface area contributed by atoms with Crippen molar-refractivity contribution >= 4 is 23.1 Å². The van der Waals surface area contributed by atoms with E-state index in [4.69, 9.17) is 0 Å². The van der Waals surface area contributed by atoms with Gasteiger partial charge in [-0.1, -0.05) is 25.1 Å². The van der Waals surface area contributed by atoms with Gasteiger partial charge in [0.2, 0.25) is 5.91 Å². The number of carbonyl (C=O) groups excluding carboxylic acids is 1. The average Bonchev–Trinajstić information content (AvgIpc) is 2.86. The molecule has 2 heterocycles. The molecule has 1 aliphatic heterocycles. The fourth-order valence-corrected chi connectivity index (χ4v) is 4.57. The van der Waals surface area contributed by atoms with Gasteiger partial charge in [0.15, 0.2) is 0 Å². The van der Waals surface area contributed by atoms with Gasteiger partial charge < -0.3 is 15.1 Å². The summed E-state index contributed by atoms with van der Waals surface area (Å²) in [5.74, 6) is 1.07. The molecule has 204 valence electrons. The zero-order valence-electron chi connectivity index (χ0n) is 23.3. The second-order valence-electron chi connectivity index (χ2n) is 9.96. The molecule has 0 radical (unpaired) electrons. The lowest BCUT2D eigenvalue weighted by Crippen LogP contribution is -2.48. The summed E-state index contributed by atoms with van der Waals surface area (Å²) < 4.78 is 1.14. The summed E-state index contributed by atoms with van der Waals surface area (Å²) in [7, 11) is 0. The van der Waals surface area contributed by atoms with Gasteiger partial charge in [0.05, 0.1) is 0 Å². The third-order valence-corrected chi connectivity index (χ3v) is 6.60. The van der Waals surface area contributed by atoms with E-state index in [0.29, 0.717) is 44.2 Å². The number of rotatable bonds is 10. The SMILES string of the molecule is C=C(/N=C(/C)C=C(C)C)N1CCN(C(=O)CCCn2c(=O)cc(Nc3ccc(C)c(CC)c3)[nH]c2=O)CC1. The number of hydrogen-bond acceptors (Lipinski definition) is 6. The monoisotopic (exact) mass is 520 g/mol. The number of piperazine rings is 1. The standard InChI is InChI=1S/C29H40N6O3/c1-7-24-18-25(11-10-21(24)4)31-26-19-28(37)35(29(38)32-26)12-8-9-27(36)34-15-13-33(14-16-34)23(6)30-22(5)17-20(2)3/h10-11,17-19,31H,6-9,12-16H2,1-5H3,(H,32,38)/b30-22-. The fraction of sp³-hybridized carbons (Fsp3) is 0.448. The Balaban J connectivity index is 1.50. The van der Waals surface area contributed by atoms with Gasteiger partial charge in [-0.2, -0.15) is 0 Å². The predicted octanol–water partition coefficient (Wildman–Crippen LogP) is 3.97. The zero-order chi connectivity index (χ0) is 27.8. The largest absolute Gasteiger partial charge is 0.354 e. The van der Waals surface area contributed by atoms with E-state index in [1.165, 1.54) is 22.8 Å². The molecule has 1 aromatic carbocycles. The molecule has 1 aromatic heterocycles. The minimum Gasteiger partial charge on any atom is -0.354 e. The molecule has 2 aromatic rings. The van der Waals surface area contributed by atoms with Crippen molar-refractivity contribution in [3.63, 3.8) is 0 Å². The molecular formula is C29H40N6O3. The summed E-state index contributed by atoms with van der Waals surface area (Å²) in [6, 6.07) is 7.31. The van der Waals surface area contributed by atoms with E-state index >= 15 is 0 Å². The lowest BCUT2D eigenvalue weighted by molar-refractivity contribution is -0.132. The topological polar surface area (TPSA) is 103 Å². The number of allylic oxidation sites excluding steroid dienone is 2. The maximum absolute atomic E-state index is 12.7. The van der Waals surface area contributed by atoms with Crippen molar-refractivity contribution in [3.8, 4) is 0 Å². The average molecular weight is 521 g/mol. The third-order valence-electron chi connectivity index (χ3n) is 6.60. The number of nitrogens with zero attached hydrogens (tertiary/aromatic N) is 4. The highest BCUT2D eigenvalue weighted by Crippen LogP contribution is 2.18. The summed E-state index contributed by atoms with van der Waals surface area (Å²) in [5, 5.41) is 3.11. The number of aryl methyl sites for hydroxylation is 2. The summed E-state index contributed by atoms with van der Waals surface area (Å²) in [6.07, 6.45) is 3.59. The minimum absolute atomic E-state index is 0.0216.